The molecule has 0 aliphatic carbocycles. The normalized spacial score (nSPS) is 22.5. The van der Waals surface area contributed by atoms with Gasteiger partial charge in [-0.15, -0.1) is 0 Å². The molecule has 2 unspecified atom stereocenters. The van der Waals surface area contributed by atoms with Gasteiger partial charge in [0, 0.05) is 10.0 Å². The smallest absolute Gasteiger partial charge is 0.130 e. The fourth-order valence-electron chi connectivity index (χ4n) is 1.65. The molecule has 1 saturated heterocycles. The lowest BCUT2D eigenvalue weighted by Crippen LogP contribution is -2.34. The van der Waals surface area contributed by atoms with Gasteiger partial charge in [-0.05, 0) is 28.1 Å². The maximum absolute atomic E-state index is 13.7. The summed E-state index contributed by atoms with van der Waals surface area (Å²) >= 11 is 8.99. The first-order chi connectivity index (χ1) is 8.09. The van der Waals surface area contributed by atoms with Crippen LogP contribution >= 0.6 is 27.5 Å². The zero-order valence-corrected chi connectivity index (χ0v) is 11.2. The van der Waals surface area contributed by atoms with Crippen molar-refractivity contribution in [1.29, 1.82) is 0 Å². The van der Waals surface area contributed by atoms with Crippen LogP contribution in [0.4, 0.5) is 4.39 Å². The van der Waals surface area contributed by atoms with Crippen LogP contribution in [0.5, 0.6) is 0 Å². The van der Waals surface area contributed by atoms with Crippen molar-refractivity contribution in [2.45, 2.75) is 12.2 Å². The average molecular weight is 326 g/mol. The van der Waals surface area contributed by atoms with Gasteiger partial charge in [-0.25, -0.2) is 4.39 Å². The lowest BCUT2D eigenvalue weighted by molar-refractivity contribution is -0.134. The summed E-state index contributed by atoms with van der Waals surface area (Å²) in [5, 5.41) is 10.4. The first-order valence-electron chi connectivity index (χ1n) is 5.11. The van der Waals surface area contributed by atoms with Crippen LogP contribution in [0.15, 0.2) is 16.6 Å². The van der Waals surface area contributed by atoms with E-state index in [9.17, 15) is 9.50 Å². The number of halogens is 3. The third kappa shape index (κ3) is 2.98. The van der Waals surface area contributed by atoms with Crippen molar-refractivity contribution in [2.75, 3.05) is 19.8 Å². The van der Waals surface area contributed by atoms with E-state index in [2.05, 4.69) is 15.9 Å². The molecule has 1 aliphatic rings. The predicted octanol–water partition coefficient (Wildman–Crippen LogP) is 2.69. The Morgan fingerprint density at radius 2 is 2.24 bits per heavy atom. The van der Waals surface area contributed by atoms with E-state index in [1.807, 2.05) is 0 Å². The van der Waals surface area contributed by atoms with Gasteiger partial charge in [-0.3, -0.25) is 0 Å². The maximum atomic E-state index is 13.7. The minimum absolute atomic E-state index is 0.119. The van der Waals surface area contributed by atoms with Gasteiger partial charge in [0.2, 0.25) is 0 Å². The van der Waals surface area contributed by atoms with Gasteiger partial charge in [0.15, 0.2) is 0 Å². The van der Waals surface area contributed by atoms with Crippen molar-refractivity contribution < 1.29 is 19.0 Å². The third-order valence-electron chi connectivity index (χ3n) is 2.55. The number of ether oxygens (including phenoxy) is 2. The maximum Gasteiger partial charge on any atom is 0.130 e. The van der Waals surface area contributed by atoms with Crippen LogP contribution in [-0.4, -0.2) is 31.0 Å². The Morgan fingerprint density at radius 3 is 2.88 bits per heavy atom. The van der Waals surface area contributed by atoms with E-state index in [1.54, 1.807) is 0 Å². The molecule has 0 spiro atoms. The molecule has 0 saturated carbocycles. The summed E-state index contributed by atoms with van der Waals surface area (Å²) in [4.78, 5) is 0. The Kier molecular flexibility index (Phi) is 4.38. The number of benzene rings is 1. The summed E-state index contributed by atoms with van der Waals surface area (Å²) in [6.45, 7) is 1.13. The number of hydrogen-bond donors (Lipinski definition) is 1. The van der Waals surface area contributed by atoms with Crippen LogP contribution in [0.25, 0.3) is 0 Å². The molecule has 3 nitrogen and oxygen atoms in total. The Balaban J connectivity index is 2.23. The summed E-state index contributed by atoms with van der Waals surface area (Å²) in [7, 11) is 0. The first kappa shape index (κ1) is 13.2. The van der Waals surface area contributed by atoms with Crippen molar-refractivity contribution in [3.05, 3.63) is 33.0 Å². The standard InChI is InChI=1S/C11H11BrClFO3/c12-7-4-9(14)6(3-8(7)13)11(15)10-5-16-1-2-17-10/h3-4,10-11,15H,1-2,5H2. The Bertz CT molecular complexity index is 410. The quantitative estimate of drug-likeness (QED) is 0.850. The molecule has 1 fully saturated rings. The number of hydrogen-bond acceptors (Lipinski definition) is 3. The molecule has 0 radical (unpaired) electrons. The summed E-state index contributed by atoms with van der Waals surface area (Å²) in [5.74, 6) is -0.525. The lowest BCUT2D eigenvalue weighted by Gasteiger charge is -2.27. The molecule has 94 valence electrons. The third-order valence-corrected chi connectivity index (χ3v) is 3.75. The zero-order valence-electron chi connectivity index (χ0n) is 8.83. The Labute approximate surface area is 112 Å². The van der Waals surface area contributed by atoms with Gasteiger partial charge in [0.25, 0.3) is 0 Å². The van der Waals surface area contributed by atoms with E-state index in [-0.39, 0.29) is 12.2 Å². The highest BCUT2D eigenvalue weighted by atomic mass is 79.9. The second kappa shape index (κ2) is 5.63. The molecule has 1 aromatic rings. The van der Waals surface area contributed by atoms with Crippen molar-refractivity contribution >= 4 is 27.5 Å². The largest absolute Gasteiger partial charge is 0.385 e. The molecule has 0 amide bonds. The number of rotatable bonds is 2. The zero-order chi connectivity index (χ0) is 12.4. The van der Waals surface area contributed by atoms with Crippen molar-refractivity contribution in [3.63, 3.8) is 0 Å². The van der Waals surface area contributed by atoms with Gasteiger partial charge in [0.1, 0.15) is 18.0 Å². The van der Waals surface area contributed by atoms with E-state index in [0.29, 0.717) is 22.7 Å². The van der Waals surface area contributed by atoms with Gasteiger partial charge < -0.3 is 14.6 Å². The SMILES string of the molecule is OC(c1cc(Cl)c(Br)cc1F)C1COCCO1. The van der Waals surface area contributed by atoms with Crippen LogP contribution in [0.2, 0.25) is 5.02 Å². The molecule has 1 aromatic carbocycles. The van der Waals surface area contributed by atoms with E-state index in [1.165, 1.54) is 12.1 Å². The van der Waals surface area contributed by atoms with Crippen LogP contribution in [0.1, 0.15) is 11.7 Å². The monoisotopic (exact) mass is 324 g/mol. The van der Waals surface area contributed by atoms with E-state index < -0.39 is 18.0 Å². The fourth-order valence-corrected chi connectivity index (χ4v) is 2.14. The summed E-state index contributed by atoms with van der Waals surface area (Å²) in [5.41, 5.74) is 0.119. The van der Waals surface area contributed by atoms with Crippen molar-refractivity contribution in [1.82, 2.24) is 0 Å². The van der Waals surface area contributed by atoms with Crippen LogP contribution in [-0.2, 0) is 9.47 Å². The van der Waals surface area contributed by atoms with Crippen molar-refractivity contribution in [3.8, 4) is 0 Å². The molecule has 0 aromatic heterocycles. The Morgan fingerprint density at radius 1 is 1.47 bits per heavy atom. The van der Waals surface area contributed by atoms with Crippen LogP contribution in [0, 0.1) is 5.82 Å². The molecular formula is C11H11BrClFO3. The molecule has 2 rings (SSSR count). The predicted molar refractivity (Wildman–Crippen MR) is 64.6 cm³/mol. The summed E-state index contributed by atoms with van der Waals surface area (Å²) < 4.78 is 24.6. The average Bonchev–Trinajstić information content (AvgIpc) is 2.34. The van der Waals surface area contributed by atoms with Gasteiger partial charge in [-0.1, -0.05) is 11.6 Å². The van der Waals surface area contributed by atoms with Gasteiger partial charge in [0.05, 0.1) is 24.8 Å². The van der Waals surface area contributed by atoms with E-state index in [4.69, 9.17) is 21.1 Å². The summed E-state index contributed by atoms with van der Waals surface area (Å²) in [6.07, 6.45) is -1.64. The highest BCUT2D eigenvalue weighted by Crippen LogP contribution is 2.31. The topological polar surface area (TPSA) is 38.7 Å². The van der Waals surface area contributed by atoms with Crippen LogP contribution < -0.4 is 0 Å². The molecule has 1 aliphatic heterocycles. The molecule has 17 heavy (non-hydrogen) atoms. The molecule has 1 heterocycles. The second-order valence-corrected chi connectivity index (χ2v) is 4.98. The first-order valence-corrected chi connectivity index (χ1v) is 6.28. The van der Waals surface area contributed by atoms with Gasteiger partial charge in [-0.2, -0.15) is 0 Å². The molecular weight excluding hydrogens is 314 g/mol. The molecule has 6 heteroatoms. The molecule has 2 atom stereocenters. The molecule has 1 N–H and O–H groups in total. The Hall–Kier alpha value is -0.200. The second-order valence-electron chi connectivity index (χ2n) is 3.72. The number of aliphatic hydroxyl groups is 1. The minimum Gasteiger partial charge on any atom is -0.385 e. The molecule has 0 bridgehead atoms. The lowest BCUT2D eigenvalue weighted by atomic mass is 10.0. The van der Waals surface area contributed by atoms with Crippen LogP contribution in [0.3, 0.4) is 0 Å². The fraction of sp³-hybridized carbons (Fsp3) is 0.455. The summed E-state index contributed by atoms with van der Waals surface area (Å²) in [6, 6.07) is 2.62. The highest BCUT2D eigenvalue weighted by molar-refractivity contribution is 9.10. The number of aliphatic hydroxyl groups excluding tert-OH is 1. The van der Waals surface area contributed by atoms with E-state index >= 15 is 0 Å². The van der Waals surface area contributed by atoms with E-state index in [0.717, 1.165) is 0 Å². The van der Waals surface area contributed by atoms with Gasteiger partial charge >= 0.3 is 0 Å². The van der Waals surface area contributed by atoms with Crippen molar-refractivity contribution in [2.24, 2.45) is 0 Å². The minimum atomic E-state index is -1.08. The highest BCUT2D eigenvalue weighted by Gasteiger charge is 2.27.